The third-order valence-corrected chi connectivity index (χ3v) is 7.97. The van der Waals surface area contributed by atoms with Gasteiger partial charge < -0.3 is 4.52 Å². The van der Waals surface area contributed by atoms with E-state index in [2.05, 4.69) is 0 Å². The Morgan fingerprint density at radius 1 is 1.03 bits per heavy atom. The summed E-state index contributed by atoms with van der Waals surface area (Å²) < 4.78 is 71.5. The second-order valence-corrected chi connectivity index (χ2v) is 10.0. The third-order valence-electron chi connectivity index (χ3n) is 5.48. The first-order valence-electron chi connectivity index (χ1n) is 9.29. The van der Waals surface area contributed by atoms with Crippen molar-refractivity contribution >= 4 is 32.4 Å². The lowest BCUT2D eigenvalue weighted by molar-refractivity contribution is -0.137. The van der Waals surface area contributed by atoms with Gasteiger partial charge in [0.1, 0.15) is 0 Å². The molecule has 1 heterocycles. The number of hydrogen-bond acceptors (Lipinski definition) is 4. The maximum atomic E-state index is 12.9. The maximum Gasteiger partial charge on any atom is 0.416 e. The second-order valence-electron chi connectivity index (χ2n) is 7.36. The second kappa shape index (κ2) is 7.46. The lowest BCUT2D eigenvalue weighted by atomic mass is 9.95. The van der Waals surface area contributed by atoms with E-state index >= 15 is 0 Å². The molecule has 30 heavy (non-hydrogen) atoms. The standard InChI is InChI=1S/C20H17ClF3NO4S/c21-13-4-9-17-18(11-13)29-25(19(17)26)14-5-7-15(8-6-14)30(27,28)16-3-1-2-12(10-16)20(22,23)24/h1-4,9-11,14-15H,5-8H2/t14-,15+. The predicted octanol–water partition coefficient (Wildman–Crippen LogP) is 5.22. The van der Waals surface area contributed by atoms with Crippen LogP contribution in [0.25, 0.3) is 11.0 Å². The summed E-state index contributed by atoms with van der Waals surface area (Å²) in [6, 6.07) is 8.18. The van der Waals surface area contributed by atoms with Crippen molar-refractivity contribution in [2.75, 3.05) is 0 Å². The van der Waals surface area contributed by atoms with Gasteiger partial charge in [-0.2, -0.15) is 17.9 Å². The SMILES string of the molecule is O=c1c2ccc(Cl)cc2on1[C@H]1CC[C@@H](S(=O)(=O)c2cccc(C(F)(F)F)c2)CC1. The minimum absolute atomic E-state index is 0.216. The number of nitrogens with zero attached hydrogens (tertiary/aromatic N) is 1. The van der Waals surface area contributed by atoms with Crippen LogP contribution in [0.3, 0.4) is 0 Å². The molecule has 0 atom stereocenters. The van der Waals surface area contributed by atoms with Gasteiger partial charge in [0.05, 0.1) is 27.1 Å². The van der Waals surface area contributed by atoms with E-state index < -0.39 is 26.8 Å². The van der Waals surface area contributed by atoms with Crippen LogP contribution in [0.1, 0.15) is 37.3 Å². The first-order valence-corrected chi connectivity index (χ1v) is 11.2. The molecule has 0 unspecified atom stereocenters. The van der Waals surface area contributed by atoms with E-state index in [-0.39, 0.29) is 29.3 Å². The third kappa shape index (κ3) is 3.76. The van der Waals surface area contributed by atoms with Crippen LogP contribution in [0.15, 0.2) is 56.7 Å². The topological polar surface area (TPSA) is 69.3 Å². The molecular formula is C20H17ClF3NO4S. The van der Waals surface area contributed by atoms with Gasteiger partial charge in [0.2, 0.25) is 0 Å². The summed E-state index contributed by atoms with van der Waals surface area (Å²) >= 11 is 5.92. The zero-order chi connectivity index (χ0) is 21.7. The summed E-state index contributed by atoms with van der Waals surface area (Å²) in [5.41, 5.74) is -0.957. The van der Waals surface area contributed by atoms with E-state index in [0.29, 0.717) is 34.9 Å². The molecule has 1 fully saturated rings. The Kier molecular flexibility index (Phi) is 5.22. The van der Waals surface area contributed by atoms with Crippen LogP contribution in [0.5, 0.6) is 0 Å². The van der Waals surface area contributed by atoms with Crippen molar-refractivity contribution < 1.29 is 26.1 Å². The fourth-order valence-electron chi connectivity index (χ4n) is 3.89. The molecule has 5 nitrogen and oxygen atoms in total. The van der Waals surface area contributed by atoms with Gasteiger partial charge in [0.15, 0.2) is 15.4 Å². The largest absolute Gasteiger partial charge is 0.416 e. The Balaban J connectivity index is 1.55. The number of alkyl halides is 3. The summed E-state index contributed by atoms with van der Waals surface area (Å²) in [6.07, 6.45) is -3.47. The maximum absolute atomic E-state index is 12.9. The molecule has 0 N–H and O–H groups in total. The van der Waals surface area contributed by atoms with Gasteiger partial charge >= 0.3 is 6.18 Å². The average molecular weight is 460 g/mol. The van der Waals surface area contributed by atoms with Gasteiger partial charge in [0, 0.05) is 11.1 Å². The first kappa shape index (κ1) is 21.0. The highest BCUT2D eigenvalue weighted by Gasteiger charge is 2.36. The van der Waals surface area contributed by atoms with E-state index in [1.807, 2.05) is 0 Å². The van der Waals surface area contributed by atoms with Crippen molar-refractivity contribution in [2.45, 2.75) is 48.0 Å². The van der Waals surface area contributed by atoms with Crippen molar-refractivity contribution in [1.29, 1.82) is 0 Å². The molecule has 1 aromatic heterocycles. The van der Waals surface area contributed by atoms with Crippen LogP contribution < -0.4 is 5.56 Å². The number of fused-ring (bicyclic) bond motifs is 1. The summed E-state index contributed by atoms with van der Waals surface area (Å²) in [4.78, 5) is 12.2. The van der Waals surface area contributed by atoms with E-state index in [1.54, 1.807) is 18.2 Å². The number of halogens is 4. The molecule has 4 rings (SSSR count). The van der Waals surface area contributed by atoms with E-state index in [0.717, 1.165) is 12.1 Å². The monoisotopic (exact) mass is 459 g/mol. The van der Waals surface area contributed by atoms with Crippen molar-refractivity contribution in [1.82, 2.24) is 4.74 Å². The van der Waals surface area contributed by atoms with E-state index in [4.69, 9.17) is 16.1 Å². The lowest BCUT2D eigenvalue weighted by Crippen LogP contribution is -2.31. The first-order chi connectivity index (χ1) is 14.1. The van der Waals surface area contributed by atoms with Gasteiger partial charge in [-0.15, -0.1) is 0 Å². The summed E-state index contributed by atoms with van der Waals surface area (Å²) in [5, 5.41) is 0.00385. The molecule has 0 amide bonds. The highest BCUT2D eigenvalue weighted by Crippen LogP contribution is 2.36. The molecule has 2 aromatic carbocycles. The lowest BCUT2D eigenvalue weighted by Gasteiger charge is -2.27. The van der Waals surface area contributed by atoms with Crippen molar-refractivity contribution in [3.05, 3.63) is 63.4 Å². The highest BCUT2D eigenvalue weighted by atomic mass is 35.5. The number of rotatable bonds is 3. The van der Waals surface area contributed by atoms with Crippen molar-refractivity contribution in [3.63, 3.8) is 0 Å². The fraction of sp³-hybridized carbons (Fsp3) is 0.350. The van der Waals surface area contributed by atoms with E-state index in [1.165, 1.54) is 10.8 Å². The van der Waals surface area contributed by atoms with Gasteiger partial charge in [-0.05, 0) is 56.0 Å². The van der Waals surface area contributed by atoms with Gasteiger partial charge in [-0.25, -0.2) is 8.42 Å². The molecule has 3 aromatic rings. The molecule has 1 saturated carbocycles. The molecule has 0 spiro atoms. The van der Waals surface area contributed by atoms with Crippen molar-refractivity contribution in [3.8, 4) is 0 Å². The Labute approximate surface area is 174 Å². The van der Waals surface area contributed by atoms with Crippen LogP contribution >= 0.6 is 11.6 Å². The van der Waals surface area contributed by atoms with Crippen LogP contribution in [0.2, 0.25) is 5.02 Å². The molecule has 160 valence electrons. The summed E-state index contributed by atoms with van der Waals surface area (Å²) in [5.74, 6) is 0. The van der Waals surface area contributed by atoms with Gasteiger partial charge in [-0.3, -0.25) is 4.79 Å². The Morgan fingerprint density at radius 3 is 2.40 bits per heavy atom. The minimum atomic E-state index is -4.62. The Morgan fingerprint density at radius 2 is 1.73 bits per heavy atom. The normalized spacial score (nSPS) is 20.5. The Bertz CT molecular complexity index is 1260. The number of hydrogen-bond donors (Lipinski definition) is 0. The molecule has 1 aliphatic rings. The predicted molar refractivity (Wildman–Crippen MR) is 105 cm³/mol. The van der Waals surface area contributed by atoms with Crippen LogP contribution in [-0.4, -0.2) is 18.4 Å². The van der Waals surface area contributed by atoms with Crippen LogP contribution in [0.4, 0.5) is 13.2 Å². The van der Waals surface area contributed by atoms with Gasteiger partial charge in [0.25, 0.3) is 5.56 Å². The molecule has 0 bridgehead atoms. The molecular weight excluding hydrogens is 443 g/mol. The van der Waals surface area contributed by atoms with E-state index in [9.17, 15) is 26.4 Å². The molecule has 1 aliphatic carbocycles. The quantitative estimate of drug-likeness (QED) is 0.538. The number of benzene rings is 2. The smallest absolute Gasteiger partial charge is 0.375 e. The summed E-state index contributed by atoms with van der Waals surface area (Å²) in [6.45, 7) is 0. The van der Waals surface area contributed by atoms with Gasteiger partial charge in [-0.1, -0.05) is 17.7 Å². The zero-order valence-electron chi connectivity index (χ0n) is 15.5. The molecule has 10 heteroatoms. The van der Waals surface area contributed by atoms with Crippen LogP contribution in [0, 0.1) is 0 Å². The fourth-order valence-corrected chi connectivity index (χ4v) is 5.89. The van der Waals surface area contributed by atoms with Crippen LogP contribution in [-0.2, 0) is 16.0 Å². The highest BCUT2D eigenvalue weighted by molar-refractivity contribution is 7.92. The summed E-state index contributed by atoms with van der Waals surface area (Å²) in [7, 11) is -3.93. The molecule has 0 aliphatic heterocycles. The number of aromatic nitrogens is 1. The number of sulfone groups is 1. The molecule has 0 saturated heterocycles. The minimum Gasteiger partial charge on any atom is -0.375 e. The zero-order valence-corrected chi connectivity index (χ0v) is 17.1. The Hall–Kier alpha value is -2.26. The molecule has 0 radical (unpaired) electrons. The average Bonchev–Trinajstić information content (AvgIpc) is 3.03. The van der Waals surface area contributed by atoms with Crippen molar-refractivity contribution in [2.24, 2.45) is 0 Å².